The van der Waals surface area contributed by atoms with E-state index in [4.69, 9.17) is 5.73 Å². The molecule has 2 unspecified atom stereocenters. The zero-order chi connectivity index (χ0) is 14.0. The molecule has 0 aromatic carbocycles. The number of aliphatic carboxylic acids is 1. The third-order valence-electron chi connectivity index (χ3n) is 4.47. The highest BCUT2D eigenvalue weighted by Crippen LogP contribution is 2.30. The lowest BCUT2D eigenvalue weighted by molar-refractivity contribution is -0.150. The smallest absolute Gasteiger partial charge is 0.329 e. The van der Waals surface area contributed by atoms with E-state index in [1.54, 1.807) is 11.8 Å². The summed E-state index contributed by atoms with van der Waals surface area (Å²) in [7, 11) is 0. The highest BCUT2D eigenvalue weighted by atomic mass is 16.4. The van der Waals surface area contributed by atoms with Crippen LogP contribution in [0.3, 0.4) is 0 Å². The van der Waals surface area contributed by atoms with Crippen LogP contribution >= 0.6 is 0 Å². The number of nitrogens with two attached hydrogens (primary N) is 1. The highest BCUT2D eigenvalue weighted by Gasteiger charge is 2.45. The van der Waals surface area contributed by atoms with E-state index in [0.29, 0.717) is 38.5 Å². The molecular formula is C13H23N3O3. The maximum Gasteiger partial charge on any atom is 0.329 e. The zero-order valence-corrected chi connectivity index (χ0v) is 11.5. The normalized spacial score (nSPS) is 31.6. The van der Waals surface area contributed by atoms with E-state index in [-0.39, 0.29) is 6.03 Å². The Morgan fingerprint density at radius 1 is 1.37 bits per heavy atom. The predicted octanol–water partition coefficient (Wildman–Crippen LogP) is 0.716. The first-order valence-corrected chi connectivity index (χ1v) is 6.99. The predicted molar refractivity (Wildman–Crippen MR) is 70.7 cm³/mol. The van der Waals surface area contributed by atoms with Crippen molar-refractivity contribution in [2.24, 2.45) is 11.7 Å². The maximum atomic E-state index is 12.5. The van der Waals surface area contributed by atoms with Crippen LogP contribution in [0.25, 0.3) is 0 Å². The molecule has 2 aliphatic heterocycles. The summed E-state index contributed by atoms with van der Waals surface area (Å²) in [4.78, 5) is 27.3. The molecule has 0 bridgehead atoms. The van der Waals surface area contributed by atoms with Crippen molar-refractivity contribution < 1.29 is 14.7 Å². The Kier molecular flexibility index (Phi) is 3.99. The van der Waals surface area contributed by atoms with Crippen LogP contribution in [0.1, 0.15) is 32.6 Å². The molecule has 0 aromatic heterocycles. The number of piperidine rings is 1. The molecule has 2 atom stereocenters. The van der Waals surface area contributed by atoms with Crippen molar-refractivity contribution in [1.82, 2.24) is 9.80 Å². The number of hydrogen-bond donors (Lipinski definition) is 2. The topological polar surface area (TPSA) is 86.9 Å². The highest BCUT2D eigenvalue weighted by molar-refractivity contribution is 5.86. The standard InChI is InChI=1S/C13H23N3O3/c1-13(11(17)18)5-2-3-6-16(13)12(19)15-7-4-10(8-14)9-15/h10H,2-9,14H2,1H3,(H,17,18). The molecule has 0 aromatic rings. The second kappa shape index (κ2) is 5.36. The number of likely N-dealkylation sites (tertiary alicyclic amines) is 2. The molecule has 3 N–H and O–H groups in total. The first-order chi connectivity index (χ1) is 8.99. The van der Waals surface area contributed by atoms with Gasteiger partial charge in [0.05, 0.1) is 0 Å². The lowest BCUT2D eigenvalue weighted by Crippen LogP contribution is -2.60. The van der Waals surface area contributed by atoms with Crippen molar-refractivity contribution in [2.75, 3.05) is 26.2 Å². The van der Waals surface area contributed by atoms with Gasteiger partial charge in [0, 0.05) is 19.6 Å². The average Bonchev–Trinajstić information content (AvgIpc) is 2.87. The van der Waals surface area contributed by atoms with Crippen molar-refractivity contribution in [3.05, 3.63) is 0 Å². The van der Waals surface area contributed by atoms with Gasteiger partial charge in [-0.05, 0) is 45.1 Å². The second-order valence-corrected chi connectivity index (χ2v) is 5.81. The van der Waals surface area contributed by atoms with Crippen LogP contribution in [0, 0.1) is 5.92 Å². The van der Waals surface area contributed by atoms with Crippen LogP contribution in [0.15, 0.2) is 0 Å². The molecule has 0 spiro atoms. The Hall–Kier alpha value is -1.30. The van der Waals surface area contributed by atoms with Gasteiger partial charge < -0.3 is 20.6 Å². The van der Waals surface area contributed by atoms with Gasteiger partial charge in [0.1, 0.15) is 5.54 Å². The second-order valence-electron chi connectivity index (χ2n) is 5.81. The molecule has 0 saturated carbocycles. The molecule has 0 aliphatic carbocycles. The fourth-order valence-corrected chi connectivity index (χ4v) is 3.02. The number of carbonyl (C=O) groups is 2. The zero-order valence-electron chi connectivity index (χ0n) is 11.5. The number of carboxylic acid groups (broad SMARTS) is 1. The van der Waals surface area contributed by atoms with Gasteiger partial charge in [-0.25, -0.2) is 9.59 Å². The summed E-state index contributed by atoms with van der Waals surface area (Å²) in [5, 5.41) is 9.43. The number of rotatable bonds is 2. The SMILES string of the molecule is CC1(C(=O)O)CCCCN1C(=O)N1CCC(CN)C1. The summed E-state index contributed by atoms with van der Waals surface area (Å²) in [6, 6.07) is -0.138. The Labute approximate surface area is 113 Å². The minimum absolute atomic E-state index is 0.138. The van der Waals surface area contributed by atoms with E-state index in [9.17, 15) is 14.7 Å². The quantitative estimate of drug-likeness (QED) is 0.773. The Morgan fingerprint density at radius 3 is 2.68 bits per heavy atom. The number of carboxylic acids is 1. The minimum atomic E-state index is -1.06. The van der Waals surface area contributed by atoms with E-state index < -0.39 is 11.5 Å². The van der Waals surface area contributed by atoms with Gasteiger partial charge >= 0.3 is 12.0 Å². The minimum Gasteiger partial charge on any atom is -0.480 e. The number of hydrogen-bond acceptors (Lipinski definition) is 3. The third-order valence-corrected chi connectivity index (χ3v) is 4.47. The monoisotopic (exact) mass is 269 g/mol. The van der Waals surface area contributed by atoms with Crippen LogP contribution < -0.4 is 5.73 Å². The molecule has 0 radical (unpaired) electrons. The van der Waals surface area contributed by atoms with E-state index >= 15 is 0 Å². The first-order valence-electron chi connectivity index (χ1n) is 6.99. The van der Waals surface area contributed by atoms with Gasteiger partial charge in [-0.15, -0.1) is 0 Å². The van der Waals surface area contributed by atoms with Gasteiger partial charge in [-0.2, -0.15) is 0 Å². The number of urea groups is 1. The third kappa shape index (κ3) is 2.54. The van der Waals surface area contributed by atoms with Crippen molar-refractivity contribution >= 4 is 12.0 Å². The van der Waals surface area contributed by atoms with E-state index in [2.05, 4.69) is 0 Å². The Balaban J connectivity index is 2.10. The molecule has 6 nitrogen and oxygen atoms in total. The molecule has 2 fully saturated rings. The van der Waals surface area contributed by atoms with Crippen LogP contribution in [-0.4, -0.2) is 58.6 Å². The molecule has 6 heteroatoms. The van der Waals surface area contributed by atoms with Crippen LogP contribution in [0.2, 0.25) is 0 Å². The van der Waals surface area contributed by atoms with E-state index in [1.165, 1.54) is 4.90 Å². The van der Waals surface area contributed by atoms with Gasteiger partial charge in [0.15, 0.2) is 0 Å². The summed E-state index contributed by atoms with van der Waals surface area (Å²) in [6.45, 7) is 4.11. The molecule has 2 aliphatic rings. The summed E-state index contributed by atoms with van der Waals surface area (Å²) in [5.41, 5.74) is 4.57. The van der Waals surface area contributed by atoms with Crippen molar-refractivity contribution in [1.29, 1.82) is 0 Å². The summed E-state index contributed by atoms with van der Waals surface area (Å²) in [5.74, 6) is -0.556. The van der Waals surface area contributed by atoms with E-state index in [1.807, 2.05) is 0 Å². The summed E-state index contributed by atoms with van der Waals surface area (Å²) in [6.07, 6.45) is 3.18. The van der Waals surface area contributed by atoms with Gasteiger partial charge in [-0.1, -0.05) is 0 Å². The number of nitrogens with zero attached hydrogens (tertiary/aromatic N) is 2. The molecule has 2 amide bonds. The molecule has 108 valence electrons. The largest absolute Gasteiger partial charge is 0.480 e. The number of amides is 2. The van der Waals surface area contributed by atoms with Gasteiger partial charge in [0.2, 0.25) is 0 Å². The molecular weight excluding hydrogens is 246 g/mol. The van der Waals surface area contributed by atoms with Crippen molar-refractivity contribution in [2.45, 2.75) is 38.1 Å². The maximum absolute atomic E-state index is 12.5. The average molecular weight is 269 g/mol. The Morgan fingerprint density at radius 2 is 2.11 bits per heavy atom. The van der Waals surface area contributed by atoms with Crippen molar-refractivity contribution in [3.63, 3.8) is 0 Å². The molecule has 19 heavy (non-hydrogen) atoms. The lowest BCUT2D eigenvalue weighted by Gasteiger charge is -2.43. The van der Waals surface area contributed by atoms with Crippen molar-refractivity contribution in [3.8, 4) is 0 Å². The summed E-state index contributed by atoms with van der Waals surface area (Å²) < 4.78 is 0. The van der Waals surface area contributed by atoms with Crippen LogP contribution in [0.5, 0.6) is 0 Å². The Bertz CT molecular complexity index is 374. The molecule has 2 rings (SSSR count). The van der Waals surface area contributed by atoms with Gasteiger partial charge in [0.25, 0.3) is 0 Å². The fraction of sp³-hybridized carbons (Fsp3) is 0.846. The fourth-order valence-electron chi connectivity index (χ4n) is 3.02. The first kappa shape index (κ1) is 14.1. The van der Waals surface area contributed by atoms with Gasteiger partial charge in [-0.3, -0.25) is 0 Å². The molecule has 2 saturated heterocycles. The van der Waals surface area contributed by atoms with Crippen LogP contribution in [0.4, 0.5) is 4.79 Å². The lowest BCUT2D eigenvalue weighted by atomic mass is 9.89. The number of carbonyl (C=O) groups excluding carboxylic acids is 1. The summed E-state index contributed by atoms with van der Waals surface area (Å²) >= 11 is 0. The van der Waals surface area contributed by atoms with Crippen LogP contribution in [-0.2, 0) is 4.79 Å². The van der Waals surface area contributed by atoms with E-state index in [0.717, 1.165) is 19.3 Å². The molecule has 2 heterocycles.